The number of rotatable bonds is 5. The molecule has 0 radical (unpaired) electrons. The third-order valence-corrected chi connectivity index (χ3v) is 5.61. The zero-order valence-electron chi connectivity index (χ0n) is 14.6. The number of hydrogen-bond acceptors (Lipinski definition) is 4. The fourth-order valence-electron chi connectivity index (χ4n) is 2.97. The summed E-state index contributed by atoms with van der Waals surface area (Å²) in [6, 6.07) is 16.5. The fourth-order valence-corrected chi connectivity index (χ4v) is 3.88. The summed E-state index contributed by atoms with van der Waals surface area (Å²) in [6.45, 7) is 0.683. The first-order valence-corrected chi connectivity index (χ1v) is 10.4. The van der Waals surface area contributed by atoms with Gasteiger partial charge < -0.3 is 10.1 Å². The van der Waals surface area contributed by atoms with Gasteiger partial charge in [0, 0.05) is 13.1 Å². The molecule has 0 unspecified atom stereocenters. The average molecular weight is 374 g/mol. The van der Waals surface area contributed by atoms with Gasteiger partial charge in [0.25, 0.3) is 0 Å². The number of sulfonamides is 1. The molecule has 138 valence electrons. The molecule has 0 bridgehead atoms. The lowest BCUT2D eigenvalue weighted by atomic mass is 9.98. The Balaban J connectivity index is 1.71. The van der Waals surface area contributed by atoms with Crippen molar-refractivity contribution in [3.05, 3.63) is 54.6 Å². The number of nitrogens with one attached hydrogen (secondary N) is 1. The van der Waals surface area contributed by atoms with Crippen LogP contribution in [0.5, 0.6) is 11.5 Å². The molecule has 1 atom stereocenters. The lowest BCUT2D eigenvalue weighted by Crippen LogP contribution is -2.43. The van der Waals surface area contributed by atoms with Gasteiger partial charge in [0.2, 0.25) is 15.9 Å². The third-order valence-electron chi connectivity index (χ3n) is 4.34. The molecule has 2 aromatic rings. The molecule has 1 heterocycles. The summed E-state index contributed by atoms with van der Waals surface area (Å²) in [4.78, 5) is 12.7. The van der Waals surface area contributed by atoms with Crippen LogP contribution in [0.3, 0.4) is 0 Å². The molecule has 0 spiro atoms. The maximum absolute atomic E-state index is 12.7. The van der Waals surface area contributed by atoms with E-state index in [0.29, 0.717) is 36.6 Å². The first-order valence-electron chi connectivity index (χ1n) is 8.51. The second-order valence-electron chi connectivity index (χ2n) is 6.36. The molecule has 1 N–H and O–H groups in total. The van der Waals surface area contributed by atoms with E-state index in [4.69, 9.17) is 4.74 Å². The standard InChI is InChI=1S/C19H22N2O4S/c1-26(23,24)21-13-7-8-15(14-21)19(22)20-17-11-5-6-12-18(17)25-16-9-3-2-4-10-16/h2-6,9-12,15H,7-8,13-14H2,1H3,(H,20,22)/t15-/m0/s1. The van der Waals surface area contributed by atoms with E-state index >= 15 is 0 Å². The number of carbonyl (C=O) groups is 1. The molecule has 26 heavy (non-hydrogen) atoms. The average Bonchev–Trinajstić information content (AvgIpc) is 2.63. The third kappa shape index (κ3) is 4.62. The zero-order valence-corrected chi connectivity index (χ0v) is 15.4. The molecule has 1 aliphatic heterocycles. The highest BCUT2D eigenvalue weighted by Gasteiger charge is 2.30. The second-order valence-corrected chi connectivity index (χ2v) is 8.34. The SMILES string of the molecule is CS(=O)(=O)N1CCC[C@H](C(=O)Nc2ccccc2Oc2ccccc2)C1. The fraction of sp³-hybridized carbons (Fsp3) is 0.316. The number of amides is 1. The highest BCUT2D eigenvalue weighted by molar-refractivity contribution is 7.88. The first-order chi connectivity index (χ1) is 12.4. The molecular weight excluding hydrogens is 352 g/mol. The Morgan fingerprint density at radius 1 is 1.12 bits per heavy atom. The number of hydrogen-bond donors (Lipinski definition) is 1. The number of carbonyl (C=O) groups excluding carboxylic acids is 1. The van der Waals surface area contributed by atoms with Gasteiger partial charge in [-0.2, -0.15) is 0 Å². The highest BCUT2D eigenvalue weighted by Crippen LogP contribution is 2.30. The normalized spacial score (nSPS) is 18.3. The lowest BCUT2D eigenvalue weighted by molar-refractivity contribution is -0.120. The molecule has 0 saturated carbocycles. The largest absolute Gasteiger partial charge is 0.455 e. The molecule has 6 nitrogen and oxygen atoms in total. The molecular formula is C19H22N2O4S. The summed E-state index contributed by atoms with van der Waals surface area (Å²) < 4.78 is 30.7. The molecule has 0 aliphatic carbocycles. The van der Waals surface area contributed by atoms with E-state index in [-0.39, 0.29) is 18.4 Å². The number of para-hydroxylation sites is 3. The Morgan fingerprint density at radius 3 is 2.54 bits per heavy atom. The van der Waals surface area contributed by atoms with Crippen LogP contribution in [0, 0.1) is 5.92 Å². The van der Waals surface area contributed by atoms with E-state index < -0.39 is 10.0 Å². The van der Waals surface area contributed by atoms with Gasteiger partial charge in [0.15, 0.2) is 5.75 Å². The molecule has 1 aliphatic rings. The van der Waals surface area contributed by atoms with Crippen LogP contribution in [0.25, 0.3) is 0 Å². The van der Waals surface area contributed by atoms with Gasteiger partial charge in [0.1, 0.15) is 5.75 Å². The van der Waals surface area contributed by atoms with Crippen LogP contribution < -0.4 is 10.1 Å². The van der Waals surface area contributed by atoms with Crippen LogP contribution >= 0.6 is 0 Å². The van der Waals surface area contributed by atoms with E-state index in [1.54, 1.807) is 12.1 Å². The predicted molar refractivity (Wildman–Crippen MR) is 101 cm³/mol. The monoisotopic (exact) mass is 374 g/mol. The molecule has 1 fully saturated rings. The van der Waals surface area contributed by atoms with Crippen molar-refractivity contribution in [2.75, 3.05) is 24.7 Å². The Morgan fingerprint density at radius 2 is 1.81 bits per heavy atom. The van der Waals surface area contributed by atoms with E-state index in [1.165, 1.54) is 10.6 Å². The Labute approximate surface area is 153 Å². The molecule has 1 saturated heterocycles. The highest BCUT2D eigenvalue weighted by atomic mass is 32.2. The zero-order chi connectivity index (χ0) is 18.6. The molecule has 2 aromatic carbocycles. The Bertz CT molecular complexity index is 868. The van der Waals surface area contributed by atoms with Crippen LogP contribution in [-0.2, 0) is 14.8 Å². The van der Waals surface area contributed by atoms with E-state index in [1.807, 2.05) is 42.5 Å². The van der Waals surface area contributed by atoms with Gasteiger partial charge in [-0.05, 0) is 37.1 Å². The summed E-state index contributed by atoms with van der Waals surface area (Å²) in [7, 11) is -3.29. The molecule has 1 amide bonds. The first kappa shape index (κ1) is 18.4. The predicted octanol–water partition coefficient (Wildman–Crippen LogP) is 3.09. The molecule has 0 aromatic heterocycles. The summed E-state index contributed by atoms with van der Waals surface area (Å²) >= 11 is 0. The van der Waals surface area contributed by atoms with Gasteiger partial charge in [-0.3, -0.25) is 4.79 Å². The maximum atomic E-state index is 12.7. The van der Waals surface area contributed by atoms with Gasteiger partial charge in [-0.15, -0.1) is 0 Å². The van der Waals surface area contributed by atoms with Crippen LogP contribution in [0.2, 0.25) is 0 Å². The minimum atomic E-state index is -3.29. The molecule has 7 heteroatoms. The number of ether oxygens (including phenoxy) is 1. The minimum Gasteiger partial charge on any atom is -0.455 e. The second kappa shape index (κ2) is 7.88. The van der Waals surface area contributed by atoms with Crippen LogP contribution in [-0.4, -0.2) is 38.0 Å². The van der Waals surface area contributed by atoms with Crippen LogP contribution in [0.15, 0.2) is 54.6 Å². The summed E-state index contributed by atoms with van der Waals surface area (Å²) in [5, 5.41) is 2.89. The van der Waals surface area contributed by atoms with E-state index in [2.05, 4.69) is 5.32 Å². The Kier molecular flexibility index (Phi) is 5.58. The van der Waals surface area contributed by atoms with Gasteiger partial charge >= 0.3 is 0 Å². The smallest absolute Gasteiger partial charge is 0.228 e. The summed E-state index contributed by atoms with van der Waals surface area (Å²) in [5.41, 5.74) is 0.567. The van der Waals surface area contributed by atoms with Gasteiger partial charge in [0.05, 0.1) is 17.9 Å². The molecule has 3 rings (SSSR count). The van der Waals surface area contributed by atoms with Crippen LogP contribution in [0.4, 0.5) is 5.69 Å². The van der Waals surface area contributed by atoms with Crippen molar-refractivity contribution in [2.24, 2.45) is 5.92 Å². The van der Waals surface area contributed by atoms with Crippen molar-refractivity contribution < 1.29 is 17.9 Å². The van der Waals surface area contributed by atoms with Crippen molar-refractivity contribution in [2.45, 2.75) is 12.8 Å². The quantitative estimate of drug-likeness (QED) is 0.873. The number of anilines is 1. The van der Waals surface area contributed by atoms with E-state index in [9.17, 15) is 13.2 Å². The van der Waals surface area contributed by atoms with E-state index in [0.717, 1.165) is 0 Å². The van der Waals surface area contributed by atoms with Crippen molar-refractivity contribution in [3.63, 3.8) is 0 Å². The van der Waals surface area contributed by atoms with Crippen molar-refractivity contribution in [3.8, 4) is 11.5 Å². The van der Waals surface area contributed by atoms with Crippen LogP contribution in [0.1, 0.15) is 12.8 Å². The van der Waals surface area contributed by atoms with Gasteiger partial charge in [-0.25, -0.2) is 12.7 Å². The van der Waals surface area contributed by atoms with Crippen molar-refractivity contribution in [1.82, 2.24) is 4.31 Å². The maximum Gasteiger partial charge on any atom is 0.228 e. The summed E-state index contributed by atoms with van der Waals surface area (Å²) in [5.74, 6) is 0.656. The minimum absolute atomic E-state index is 0.192. The van der Waals surface area contributed by atoms with Crippen molar-refractivity contribution >= 4 is 21.6 Å². The lowest BCUT2D eigenvalue weighted by Gasteiger charge is -2.30. The summed E-state index contributed by atoms with van der Waals surface area (Å²) in [6.07, 6.45) is 2.52. The van der Waals surface area contributed by atoms with Crippen molar-refractivity contribution in [1.29, 1.82) is 0 Å². The van der Waals surface area contributed by atoms with Gasteiger partial charge in [-0.1, -0.05) is 30.3 Å². The number of piperidine rings is 1. The number of benzene rings is 2. The topological polar surface area (TPSA) is 75.7 Å². The Hall–Kier alpha value is -2.38. The number of nitrogens with zero attached hydrogens (tertiary/aromatic N) is 1.